The third kappa shape index (κ3) is 23.6. The zero-order valence-corrected chi connectivity index (χ0v) is 16.6. The molecule has 0 aliphatic carbocycles. The molecular weight excluding hydrogens is 331 g/mol. The molecule has 0 heterocycles. The summed E-state index contributed by atoms with van der Waals surface area (Å²) < 4.78 is 0. The first kappa shape index (κ1) is 38.7. The molecule has 0 radical (unpaired) electrons. The summed E-state index contributed by atoms with van der Waals surface area (Å²) in [6.45, 7) is 8.01. The van der Waals surface area contributed by atoms with Gasteiger partial charge in [-0.05, 0) is 25.7 Å². The van der Waals surface area contributed by atoms with Crippen molar-refractivity contribution in [3.8, 4) is 0 Å². The Morgan fingerprint density at radius 1 is 0.708 bits per heavy atom. The van der Waals surface area contributed by atoms with Gasteiger partial charge in [0, 0.05) is 0 Å². The number of hydrogen-bond acceptors (Lipinski definition) is 5. The van der Waals surface area contributed by atoms with Crippen LogP contribution in [-0.2, 0) is 9.59 Å². The van der Waals surface area contributed by atoms with Gasteiger partial charge in [0.05, 0.1) is 11.8 Å². The van der Waals surface area contributed by atoms with E-state index in [2.05, 4.69) is 13.8 Å². The van der Waals surface area contributed by atoms with E-state index in [-0.39, 0.29) is 45.6 Å². The Kier molecular flexibility index (Phi) is 43.9. The fourth-order valence-corrected chi connectivity index (χ4v) is 1.91. The van der Waals surface area contributed by atoms with Crippen LogP contribution in [0.4, 0.5) is 0 Å². The van der Waals surface area contributed by atoms with E-state index in [4.69, 9.17) is 10.2 Å². The van der Waals surface area contributed by atoms with Gasteiger partial charge in [-0.25, -0.2) is 0 Å². The Bertz CT molecular complexity index is 237. The molecule has 8 heteroatoms. The van der Waals surface area contributed by atoms with Crippen LogP contribution in [0.1, 0.15) is 79.1 Å². The summed E-state index contributed by atoms with van der Waals surface area (Å²) >= 11 is 0. The average Bonchev–Trinajstić information content (AvgIpc) is 2.40. The SMILES string of the molecule is CCCCC(CC)C(=O)O.CCCCC(CC)C(=O)O.[Al+3].[OH-].[OH-].[OH-]. The second kappa shape index (κ2) is 27.2. The summed E-state index contributed by atoms with van der Waals surface area (Å²) in [4.78, 5) is 20.9. The van der Waals surface area contributed by atoms with E-state index < -0.39 is 11.9 Å². The number of aliphatic carboxylic acids is 2. The van der Waals surface area contributed by atoms with E-state index in [1.807, 2.05) is 13.8 Å². The molecule has 24 heavy (non-hydrogen) atoms. The van der Waals surface area contributed by atoms with E-state index in [0.29, 0.717) is 0 Å². The topological polar surface area (TPSA) is 165 Å². The van der Waals surface area contributed by atoms with Crippen LogP contribution in [0.25, 0.3) is 0 Å². The molecule has 0 saturated heterocycles. The predicted molar refractivity (Wildman–Crippen MR) is 93.4 cm³/mol. The fourth-order valence-electron chi connectivity index (χ4n) is 1.91. The van der Waals surface area contributed by atoms with Gasteiger partial charge in [-0.2, -0.15) is 0 Å². The summed E-state index contributed by atoms with van der Waals surface area (Å²) in [5.41, 5.74) is 0. The van der Waals surface area contributed by atoms with Gasteiger partial charge in [-0.3, -0.25) is 9.59 Å². The normalized spacial score (nSPS) is 10.8. The van der Waals surface area contributed by atoms with Crippen LogP contribution in [0.15, 0.2) is 0 Å². The van der Waals surface area contributed by atoms with E-state index in [9.17, 15) is 9.59 Å². The molecule has 0 rings (SSSR count). The minimum Gasteiger partial charge on any atom is -0.870 e. The minimum atomic E-state index is -0.643. The van der Waals surface area contributed by atoms with Crippen molar-refractivity contribution in [3.63, 3.8) is 0 Å². The summed E-state index contributed by atoms with van der Waals surface area (Å²) in [7, 11) is 0. The molecule has 2 atom stereocenters. The van der Waals surface area contributed by atoms with Gasteiger partial charge >= 0.3 is 29.3 Å². The van der Waals surface area contributed by atoms with Crippen molar-refractivity contribution in [2.24, 2.45) is 11.8 Å². The molecule has 0 aromatic heterocycles. The zero-order valence-electron chi connectivity index (χ0n) is 15.4. The van der Waals surface area contributed by atoms with Crippen molar-refractivity contribution in [1.29, 1.82) is 0 Å². The van der Waals surface area contributed by atoms with Crippen molar-refractivity contribution in [3.05, 3.63) is 0 Å². The Morgan fingerprint density at radius 3 is 1.08 bits per heavy atom. The van der Waals surface area contributed by atoms with Crippen molar-refractivity contribution in [1.82, 2.24) is 0 Å². The second-order valence-electron chi connectivity index (χ2n) is 5.17. The fraction of sp³-hybridized carbons (Fsp3) is 0.875. The number of carboxylic acids is 2. The van der Waals surface area contributed by atoms with E-state index in [1.165, 1.54) is 0 Å². The maximum absolute atomic E-state index is 10.4. The average molecular weight is 366 g/mol. The van der Waals surface area contributed by atoms with Gasteiger partial charge in [-0.1, -0.05) is 53.4 Å². The van der Waals surface area contributed by atoms with Gasteiger partial charge in [0.2, 0.25) is 0 Å². The number of carbonyl (C=O) groups is 2. The Labute approximate surface area is 156 Å². The molecule has 0 aromatic rings. The molecule has 0 aliphatic heterocycles. The van der Waals surface area contributed by atoms with Crippen LogP contribution in [0.2, 0.25) is 0 Å². The maximum Gasteiger partial charge on any atom is 3.00 e. The maximum atomic E-state index is 10.4. The predicted octanol–water partition coefficient (Wildman–Crippen LogP) is 3.66. The molecule has 0 spiro atoms. The van der Waals surface area contributed by atoms with E-state index in [0.717, 1.165) is 51.4 Å². The van der Waals surface area contributed by atoms with Crippen LogP contribution in [-0.4, -0.2) is 55.9 Å². The summed E-state index contributed by atoms with van der Waals surface area (Å²) in [5, 5.41) is 17.2. The number of hydrogen-bond donors (Lipinski definition) is 2. The first-order chi connectivity index (χ1) is 9.44. The van der Waals surface area contributed by atoms with Crippen LogP contribution >= 0.6 is 0 Å². The third-order valence-electron chi connectivity index (χ3n) is 3.50. The van der Waals surface area contributed by atoms with Gasteiger partial charge in [0.1, 0.15) is 0 Å². The van der Waals surface area contributed by atoms with Crippen molar-refractivity contribution in [2.75, 3.05) is 0 Å². The molecular formula is C16H35AlO7. The first-order valence-corrected chi connectivity index (χ1v) is 7.89. The summed E-state index contributed by atoms with van der Waals surface area (Å²) in [6, 6.07) is 0. The molecule has 5 N–H and O–H groups in total. The molecule has 0 amide bonds. The first-order valence-electron chi connectivity index (χ1n) is 7.89. The Balaban J connectivity index is -0.0000000579. The minimum absolute atomic E-state index is 0. The molecule has 0 bridgehead atoms. The molecule has 7 nitrogen and oxygen atoms in total. The summed E-state index contributed by atoms with van der Waals surface area (Å²) in [6.07, 6.45) is 7.43. The van der Waals surface area contributed by atoms with E-state index >= 15 is 0 Å². The molecule has 0 saturated carbocycles. The smallest absolute Gasteiger partial charge is 0.870 e. The molecule has 0 aliphatic rings. The number of carboxylic acid groups (broad SMARTS) is 2. The standard InChI is InChI=1S/2C8H16O2.Al.3H2O/c2*1-3-5-6-7(4-2)8(9)10;;;;/h2*7H,3-6H2,1-2H3,(H,9,10);;3*1H2/q;;+3;;;/p-3. The third-order valence-corrected chi connectivity index (χ3v) is 3.50. The molecule has 0 aromatic carbocycles. The molecule has 2 unspecified atom stereocenters. The quantitative estimate of drug-likeness (QED) is 0.556. The zero-order chi connectivity index (χ0) is 16.0. The molecule has 0 fully saturated rings. The van der Waals surface area contributed by atoms with Crippen LogP contribution in [0.3, 0.4) is 0 Å². The van der Waals surface area contributed by atoms with Crippen molar-refractivity contribution < 1.29 is 36.2 Å². The van der Waals surface area contributed by atoms with Crippen molar-refractivity contribution in [2.45, 2.75) is 79.1 Å². The number of unbranched alkanes of at least 4 members (excludes halogenated alkanes) is 2. The second-order valence-corrected chi connectivity index (χ2v) is 5.17. The summed E-state index contributed by atoms with van der Waals surface area (Å²) in [5.74, 6) is -1.51. The Morgan fingerprint density at radius 2 is 0.958 bits per heavy atom. The largest absolute Gasteiger partial charge is 3.00 e. The van der Waals surface area contributed by atoms with E-state index in [1.54, 1.807) is 0 Å². The van der Waals surface area contributed by atoms with Crippen LogP contribution < -0.4 is 0 Å². The van der Waals surface area contributed by atoms with Gasteiger partial charge < -0.3 is 26.6 Å². The monoisotopic (exact) mass is 366 g/mol. The van der Waals surface area contributed by atoms with Crippen molar-refractivity contribution >= 4 is 29.3 Å². The van der Waals surface area contributed by atoms with Crippen LogP contribution in [0, 0.1) is 11.8 Å². The van der Waals surface area contributed by atoms with Gasteiger partial charge in [0.15, 0.2) is 0 Å². The number of rotatable bonds is 10. The molecule has 144 valence electrons. The van der Waals surface area contributed by atoms with Gasteiger partial charge in [0.25, 0.3) is 0 Å². The van der Waals surface area contributed by atoms with Crippen LogP contribution in [0.5, 0.6) is 0 Å². The van der Waals surface area contributed by atoms with Gasteiger partial charge in [-0.15, -0.1) is 0 Å². The Hall–Kier alpha value is -0.648.